The van der Waals surface area contributed by atoms with Crippen LogP contribution in [-0.2, 0) is 4.74 Å². The van der Waals surface area contributed by atoms with Crippen molar-refractivity contribution in [3.8, 4) is 22.6 Å². The lowest BCUT2D eigenvalue weighted by atomic mass is 10.0. The molecule has 3 rings (SSSR count). The largest absolute Gasteiger partial charge is 0.507 e. The topological polar surface area (TPSA) is 41.9 Å². The van der Waals surface area contributed by atoms with Crippen LogP contribution < -0.4 is 9.64 Å². The SMILES string of the molecule is COc1ccc(O)c(-c2cc(Br)ccc2N2CCOCC2)c1. The molecule has 22 heavy (non-hydrogen) atoms. The summed E-state index contributed by atoms with van der Waals surface area (Å²) in [7, 11) is 1.62. The Kier molecular flexibility index (Phi) is 4.55. The number of anilines is 1. The van der Waals surface area contributed by atoms with Crippen LogP contribution in [0.3, 0.4) is 0 Å². The van der Waals surface area contributed by atoms with E-state index in [1.165, 1.54) is 0 Å². The van der Waals surface area contributed by atoms with Crippen LogP contribution in [0.25, 0.3) is 11.1 Å². The van der Waals surface area contributed by atoms with Crippen LogP contribution in [0.15, 0.2) is 40.9 Å². The van der Waals surface area contributed by atoms with E-state index >= 15 is 0 Å². The second kappa shape index (κ2) is 6.58. The van der Waals surface area contributed by atoms with E-state index < -0.39 is 0 Å². The normalized spacial score (nSPS) is 14.9. The molecule has 0 amide bonds. The van der Waals surface area contributed by atoms with Crippen molar-refractivity contribution in [2.75, 3.05) is 38.3 Å². The van der Waals surface area contributed by atoms with Gasteiger partial charge in [-0.1, -0.05) is 15.9 Å². The number of methoxy groups -OCH3 is 1. The summed E-state index contributed by atoms with van der Waals surface area (Å²) in [6.45, 7) is 3.14. The molecule has 2 aromatic rings. The van der Waals surface area contributed by atoms with Crippen LogP contribution >= 0.6 is 15.9 Å². The molecular formula is C17H18BrNO3. The Hall–Kier alpha value is -1.72. The minimum atomic E-state index is 0.244. The number of phenols is 1. The van der Waals surface area contributed by atoms with Crippen LogP contribution in [0, 0.1) is 0 Å². The van der Waals surface area contributed by atoms with Crippen LogP contribution in [0.1, 0.15) is 0 Å². The zero-order valence-corrected chi connectivity index (χ0v) is 14.0. The van der Waals surface area contributed by atoms with Gasteiger partial charge in [0.05, 0.1) is 20.3 Å². The Morgan fingerprint density at radius 2 is 1.86 bits per heavy atom. The maximum absolute atomic E-state index is 10.3. The number of morpholine rings is 1. The summed E-state index contributed by atoms with van der Waals surface area (Å²) >= 11 is 3.52. The van der Waals surface area contributed by atoms with Gasteiger partial charge >= 0.3 is 0 Å². The highest BCUT2D eigenvalue weighted by molar-refractivity contribution is 9.10. The molecule has 0 atom stereocenters. The van der Waals surface area contributed by atoms with Crippen molar-refractivity contribution in [2.24, 2.45) is 0 Å². The van der Waals surface area contributed by atoms with Crippen molar-refractivity contribution < 1.29 is 14.6 Å². The molecule has 1 saturated heterocycles. The van der Waals surface area contributed by atoms with Crippen molar-refractivity contribution in [3.05, 3.63) is 40.9 Å². The van der Waals surface area contributed by atoms with Gasteiger partial charge in [-0.15, -0.1) is 0 Å². The predicted molar refractivity (Wildman–Crippen MR) is 90.8 cm³/mol. The van der Waals surface area contributed by atoms with Gasteiger partial charge in [0.2, 0.25) is 0 Å². The number of hydrogen-bond acceptors (Lipinski definition) is 4. The minimum absolute atomic E-state index is 0.244. The van der Waals surface area contributed by atoms with Crippen LogP contribution in [-0.4, -0.2) is 38.5 Å². The highest BCUT2D eigenvalue weighted by Gasteiger charge is 2.18. The van der Waals surface area contributed by atoms with E-state index in [0.29, 0.717) is 0 Å². The average Bonchev–Trinajstić information content (AvgIpc) is 2.56. The van der Waals surface area contributed by atoms with E-state index in [9.17, 15) is 5.11 Å². The van der Waals surface area contributed by atoms with Gasteiger partial charge in [-0.2, -0.15) is 0 Å². The molecule has 4 nitrogen and oxygen atoms in total. The molecule has 0 radical (unpaired) electrons. The van der Waals surface area contributed by atoms with Gasteiger partial charge in [-0.25, -0.2) is 0 Å². The lowest BCUT2D eigenvalue weighted by molar-refractivity contribution is 0.123. The third-order valence-corrected chi connectivity index (χ3v) is 4.30. The quantitative estimate of drug-likeness (QED) is 0.903. The number of ether oxygens (including phenoxy) is 2. The molecule has 0 aliphatic carbocycles. The Balaban J connectivity index is 2.10. The Morgan fingerprint density at radius 3 is 2.59 bits per heavy atom. The number of aromatic hydroxyl groups is 1. The van der Waals surface area contributed by atoms with Crippen LogP contribution in [0.5, 0.6) is 11.5 Å². The number of rotatable bonds is 3. The first-order valence-electron chi connectivity index (χ1n) is 7.18. The van der Waals surface area contributed by atoms with Crippen molar-refractivity contribution in [1.29, 1.82) is 0 Å². The summed E-state index contributed by atoms with van der Waals surface area (Å²) in [5.41, 5.74) is 2.84. The molecule has 0 unspecified atom stereocenters. The average molecular weight is 364 g/mol. The van der Waals surface area contributed by atoms with Crippen molar-refractivity contribution in [3.63, 3.8) is 0 Å². The summed E-state index contributed by atoms with van der Waals surface area (Å²) in [6, 6.07) is 11.4. The van der Waals surface area contributed by atoms with Crippen molar-refractivity contribution in [2.45, 2.75) is 0 Å². The standard InChI is InChI=1S/C17H18BrNO3/c1-21-13-3-5-17(20)15(11-13)14-10-12(18)2-4-16(14)19-6-8-22-9-7-19/h2-5,10-11,20H,6-9H2,1H3. The third kappa shape index (κ3) is 3.05. The van der Waals surface area contributed by atoms with E-state index in [2.05, 4.69) is 26.9 Å². The molecule has 5 heteroatoms. The van der Waals surface area contributed by atoms with Crippen molar-refractivity contribution in [1.82, 2.24) is 0 Å². The number of phenolic OH excluding ortho intramolecular Hbond substituents is 1. The van der Waals surface area contributed by atoms with E-state index in [4.69, 9.17) is 9.47 Å². The fraction of sp³-hybridized carbons (Fsp3) is 0.294. The van der Waals surface area contributed by atoms with Gasteiger partial charge < -0.3 is 19.5 Å². The summed E-state index contributed by atoms with van der Waals surface area (Å²) in [4.78, 5) is 2.28. The highest BCUT2D eigenvalue weighted by atomic mass is 79.9. The fourth-order valence-electron chi connectivity index (χ4n) is 2.66. The second-order valence-corrected chi connectivity index (χ2v) is 6.06. The van der Waals surface area contributed by atoms with E-state index in [1.54, 1.807) is 19.2 Å². The third-order valence-electron chi connectivity index (χ3n) is 3.80. The lowest BCUT2D eigenvalue weighted by Crippen LogP contribution is -2.36. The summed E-state index contributed by atoms with van der Waals surface area (Å²) < 4.78 is 11.7. The van der Waals surface area contributed by atoms with E-state index in [-0.39, 0.29) is 5.75 Å². The number of benzene rings is 2. The molecule has 116 valence electrons. The Labute approximate surface area is 138 Å². The summed E-state index contributed by atoms with van der Waals surface area (Å²) in [5, 5.41) is 10.3. The number of nitrogens with zero attached hydrogens (tertiary/aromatic N) is 1. The van der Waals surface area contributed by atoms with Gasteiger partial charge in [-0.05, 0) is 36.4 Å². The molecule has 0 spiro atoms. The molecule has 0 aromatic heterocycles. The zero-order valence-electron chi connectivity index (χ0n) is 12.4. The molecule has 2 aromatic carbocycles. The Morgan fingerprint density at radius 1 is 1.09 bits per heavy atom. The molecule has 1 N–H and O–H groups in total. The number of hydrogen-bond donors (Lipinski definition) is 1. The smallest absolute Gasteiger partial charge is 0.123 e. The molecular weight excluding hydrogens is 346 g/mol. The van der Waals surface area contributed by atoms with Crippen molar-refractivity contribution >= 4 is 21.6 Å². The maximum atomic E-state index is 10.3. The summed E-state index contributed by atoms with van der Waals surface area (Å²) in [6.07, 6.45) is 0. The van der Waals surface area contributed by atoms with Crippen LogP contribution in [0.2, 0.25) is 0 Å². The minimum Gasteiger partial charge on any atom is -0.507 e. The van der Waals surface area contributed by atoms with E-state index in [0.717, 1.165) is 53.3 Å². The molecule has 1 fully saturated rings. The van der Waals surface area contributed by atoms with E-state index in [1.807, 2.05) is 18.2 Å². The zero-order chi connectivity index (χ0) is 15.5. The Bertz CT molecular complexity index is 669. The lowest BCUT2D eigenvalue weighted by Gasteiger charge is -2.31. The molecule has 0 bridgehead atoms. The first-order valence-corrected chi connectivity index (χ1v) is 7.98. The van der Waals surface area contributed by atoms with Crippen LogP contribution in [0.4, 0.5) is 5.69 Å². The van der Waals surface area contributed by atoms with Gasteiger partial charge in [0, 0.05) is 34.4 Å². The fourth-order valence-corrected chi connectivity index (χ4v) is 3.02. The highest BCUT2D eigenvalue weighted by Crippen LogP contribution is 2.40. The molecule has 1 aliphatic rings. The maximum Gasteiger partial charge on any atom is 0.123 e. The monoisotopic (exact) mass is 363 g/mol. The summed E-state index contributed by atoms with van der Waals surface area (Å²) in [5.74, 6) is 0.967. The first-order chi connectivity index (χ1) is 10.7. The molecule has 1 heterocycles. The predicted octanol–water partition coefficient (Wildman–Crippen LogP) is 3.67. The molecule has 0 saturated carbocycles. The first kappa shape index (κ1) is 15.2. The van der Waals surface area contributed by atoms with Gasteiger partial charge in [0.1, 0.15) is 11.5 Å². The van der Waals surface area contributed by atoms with Gasteiger partial charge in [0.15, 0.2) is 0 Å². The number of halogens is 1. The van der Waals surface area contributed by atoms with Gasteiger partial charge in [-0.3, -0.25) is 0 Å². The van der Waals surface area contributed by atoms with Gasteiger partial charge in [0.25, 0.3) is 0 Å². The molecule has 1 aliphatic heterocycles. The second-order valence-electron chi connectivity index (χ2n) is 5.14.